The number of hydrogen-bond donors (Lipinski definition) is 0. The molecule has 0 bridgehead atoms. The number of fused-ring (bicyclic) bond motifs is 2. The second kappa shape index (κ2) is 9.85. The summed E-state index contributed by atoms with van der Waals surface area (Å²) in [5.41, 5.74) is 1.86. The van der Waals surface area contributed by atoms with E-state index in [0.717, 1.165) is 81.4 Å². The third-order valence-electron chi connectivity index (χ3n) is 8.15. The molecule has 1 saturated carbocycles. The lowest BCUT2D eigenvalue weighted by molar-refractivity contribution is 0.0134. The lowest BCUT2D eigenvalue weighted by Gasteiger charge is -2.40. The van der Waals surface area contributed by atoms with Gasteiger partial charge in [-0.25, -0.2) is 4.39 Å². The monoisotopic (exact) mass is 492 g/mol. The zero-order chi connectivity index (χ0) is 24.5. The largest absolute Gasteiger partial charge is 0.493 e. The van der Waals surface area contributed by atoms with Crippen molar-refractivity contribution in [2.24, 2.45) is 0 Å². The molecule has 3 aromatic rings. The Balaban J connectivity index is 0.982. The molecule has 7 heteroatoms. The standard InChI is InChI=1S/C29H33FN2O4/c30-21-5-7-24-27(17-21)36-31-28(24)20-9-14-32(15-10-20)13-4-16-34-22-6-8-23-25(33)19-29(35-26(23)18-22)11-2-1-3-12-29/h5-8,17-18,20H,1-4,9-16,19H2. The molecule has 3 aliphatic rings. The summed E-state index contributed by atoms with van der Waals surface area (Å²) < 4.78 is 31.2. The quantitative estimate of drug-likeness (QED) is 0.377. The lowest BCUT2D eigenvalue weighted by Crippen LogP contribution is -2.43. The van der Waals surface area contributed by atoms with Crippen LogP contribution in [-0.4, -0.2) is 47.7 Å². The Hall–Kier alpha value is -2.93. The maximum atomic E-state index is 13.4. The number of rotatable bonds is 6. The minimum absolute atomic E-state index is 0.193. The van der Waals surface area contributed by atoms with Crippen molar-refractivity contribution in [1.82, 2.24) is 10.1 Å². The molecule has 36 heavy (non-hydrogen) atoms. The molecule has 1 spiro atoms. The SMILES string of the molecule is O=C1CC2(CCCCC2)Oc2cc(OCCCN3CCC(c4noc5cc(F)ccc45)CC3)ccc21. The van der Waals surface area contributed by atoms with Crippen LogP contribution in [0, 0.1) is 5.82 Å². The molecule has 0 unspecified atom stereocenters. The molecular weight excluding hydrogens is 459 g/mol. The minimum Gasteiger partial charge on any atom is -0.493 e. The fourth-order valence-electron chi connectivity index (χ4n) is 6.17. The number of benzene rings is 2. The molecule has 2 aromatic carbocycles. The number of likely N-dealkylation sites (tertiary alicyclic amines) is 1. The fraction of sp³-hybridized carbons (Fsp3) is 0.517. The zero-order valence-corrected chi connectivity index (χ0v) is 20.6. The summed E-state index contributed by atoms with van der Waals surface area (Å²) >= 11 is 0. The number of piperidine rings is 1. The number of hydrogen-bond acceptors (Lipinski definition) is 6. The van der Waals surface area contributed by atoms with E-state index in [1.807, 2.05) is 18.2 Å². The van der Waals surface area contributed by atoms with E-state index in [1.165, 1.54) is 18.6 Å². The molecule has 1 aliphatic carbocycles. The first-order valence-electron chi connectivity index (χ1n) is 13.3. The van der Waals surface area contributed by atoms with E-state index in [2.05, 4.69) is 10.1 Å². The van der Waals surface area contributed by atoms with Gasteiger partial charge in [0.25, 0.3) is 0 Å². The number of ether oxygens (including phenoxy) is 2. The molecule has 2 fully saturated rings. The van der Waals surface area contributed by atoms with Gasteiger partial charge in [-0.1, -0.05) is 11.6 Å². The molecule has 6 rings (SSSR count). The second-order valence-corrected chi connectivity index (χ2v) is 10.6. The molecule has 0 atom stereocenters. The zero-order valence-electron chi connectivity index (χ0n) is 20.6. The molecule has 1 aromatic heterocycles. The highest BCUT2D eigenvalue weighted by atomic mass is 19.1. The van der Waals surface area contributed by atoms with E-state index in [4.69, 9.17) is 14.0 Å². The first-order valence-corrected chi connectivity index (χ1v) is 13.3. The number of ketones is 1. The van der Waals surface area contributed by atoms with Gasteiger partial charge in [-0.3, -0.25) is 4.79 Å². The van der Waals surface area contributed by atoms with Gasteiger partial charge in [-0.15, -0.1) is 0 Å². The summed E-state index contributed by atoms with van der Waals surface area (Å²) in [6.07, 6.45) is 8.87. The van der Waals surface area contributed by atoms with Crippen molar-refractivity contribution < 1.29 is 23.2 Å². The summed E-state index contributed by atoms with van der Waals surface area (Å²) in [7, 11) is 0. The van der Waals surface area contributed by atoms with Crippen molar-refractivity contribution in [2.75, 3.05) is 26.2 Å². The Morgan fingerprint density at radius 1 is 1.08 bits per heavy atom. The smallest absolute Gasteiger partial charge is 0.170 e. The molecule has 2 aliphatic heterocycles. The molecular formula is C29H33FN2O4. The van der Waals surface area contributed by atoms with Crippen molar-refractivity contribution in [3.05, 3.63) is 53.5 Å². The van der Waals surface area contributed by atoms with Gasteiger partial charge in [-0.2, -0.15) is 0 Å². The fourth-order valence-corrected chi connectivity index (χ4v) is 6.17. The molecule has 1 saturated heterocycles. The van der Waals surface area contributed by atoms with Gasteiger partial charge in [0, 0.05) is 30.0 Å². The number of carbonyl (C=O) groups excluding carboxylic acids is 1. The van der Waals surface area contributed by atoms with Crippen molar-refractivity contribution in [2.45, 2.75) is 69.3 Å². The molecule has 0 N–H and O–H groups in total. The van der Waals surface area contributed by atoms with Crippen LogP contribution in [0.1, 0.15) is 79.8 Å². The minimum atomic E-state index is -0.304. The predicted molar refractivity (Wildman–Crippen MR) is 134 cm³/mol. The topological polar surface area (TPSA) is 64.8 Å². The number of aromatic nitrogens is 1. The van der Waals surface area contributed by atoms with Crippen LogP contribution in [0.25, 0.3) is 11.0 Å². The highest BCUT2D eigenvalue weighted by Gasteiger charge is 2.41. The van der Waals surface area contributed by atoms with Gasteiger partial charge in [-0.05, 0) is 82.3 Å². The average Bonchev–Trinajstić information content (AvgIpc) is 3.30. The van der Waals surface area contributed by atoms with Crippen LogP contribution in [0.2, 0.25) is 0 Å². The van der Waals surface area contributed by atoms with Crippen LogP contribution >= 0.6 is 0 Å². The van der Waals surface area contributed by atoms with E-state index >= 15 is 0 Å². The van der Waals surface area contributed by atoms with Crippen LogP contribution in [-0.2, 0) is 0 Å². The summed E-state index contributed by atoms with van der Waals surface area (Å²) in [6, 6.07) is 10.3. The van der Waals surface area contributed by atoms with Crippen LogP contribution in [0.3, 0.4) is 0 Å². The Morgan fingerprint density at radius 3 is 2.75 bits per heavy atom. The van der Waals surface area contributed by atoms with E-state index < -0.39 is 0 Å². The normalized spacial score (nSPS) is 20.4. The van der Waals surface area contributed by atoms with Crippen LogP contribution in [0.4, 0.5) is 4.39 Å². The molecule has 0 amide bonds. The van der Waals surface area contributed by atoms with E-state index in [0.29, 0.717) is 35.8 Å². The maximum absolute atomic E-state index is 13.4. The summed E-state index contributed by atoms with van der Waals surface area (Å²) in [5, 5.41) is 5.17. The second-order valence-electron chi connectivity index (χ2n) is 10.6. The Morgan fingerprint density at radius 2 is 1.92 bits per heavy atom. The van der Waals surface area contributed by atoms with Gasteiger partial charge < -0.3 is 18.9 Å². The molecule has 3 heterocycles. The van der Waals surface area contributed by atoms with Crippen LogP contribution in [0.5, 0.6) is 11.5 Å². The van der Waals surface area contributed by atoms with Gasteiger partial charge >= 0.3 is 0 Å². The highest BCUT2D eigenvalue weighted by Crippen LogP contribution is 2.43. The summed E-state index contributed by atoms with van der Waals surface area (Å²) in [6.45, 7) is 3.59. The first kappa shape index (κ1) is 23.5. The summed E-state index contributed by atoms with van der Waals surface area (Å²) in [4.78, 5) is 15.2. The highest BCUT2D eigenvalue weighted by molar-refractivity contribution is 6.00. The van der Waals surface area contributed by atoms with Crippen molar-refractivity contribution in [1.29, 1.82) is 0 Å². The van der Waals surface area contributed by atoms with Gasteiger partial charge in [0.1, 0.15) is 22.9 Å². The molecule has 6 nitrogen and oxygen atoms in total. The number of carbonyl (C=O) groups is 1. The Kier molecular flexibility index (Phi) is 6.42. The van der Waals surface area contributed by atoms with Crippen molar-refractivity contribution >= 4 is 16.8 Å². The van der Waals surface area contributed by atoms with E-state index in [9.17, 15) is 9.18 Å². The maximum Gasteiger partial charge on any atom is 0.170 e. The van der Waals surface area contributed by atoms with Crippen molar-refractivity contribution in [3.63, 3.8) is 0 Å². The van der Waals surface area contributed by atoms with Crippen LogP contribution in [0.15, 0.2) is 40.9 Å². The first-order chi connectivity index (χ1) is 17.6. The van der Waals surface area contributed by atoms with E-state index in [-0.39, 0.29) is 17.2 Å². The predicted octanol–water partition coefficient (Wildman–Crippen LogP) is 6.28. The van der Waals surface area contributed by atoms with Crippen molar-refractivity contribution in [3.8, 4) is 11.5 Å². The Bertz CT molecular complexity index is 1240. The number of nitrogens with zero attached hydrogens (tertiary/aromatic N) is 2. The number of Topliss-reactive ketones (excluding diaryl/α,β-unsaturated/α-hetero) is 1. The van der Waals surface area contributed by atoms with Gasteiger partial charge in [0.15, 0.2) is 11.4 Å². The lowest BCUT2D eigenvalue weighted by atomic mass is 9.78. The summed E-state index contributed by atoms with van der Waals surface area (Å²) in [5.74, 6) is 1.69. The van der Waals surface area contributed by atoms with Gasteiger partial charge in [0.05, 0.1) is 24.3 Å². The van der Waals surface area contributed by atoms with E-state index in [1.54, 1.807) is 6.07 Å². The average molecular weight is 493 g/mol. The third-order valence-corrected chi connectivity index (χ3v) is 8.15. The Labute approximate surface area is 210 Å². The molecule has 0 radical (unpaired) electrons. The van der Waals surface area contributed by atoms with Gasteiger partial charge in [0.2, 0.25) is 0 Å². The third kappa shape index (κ3) is 4.73. The van der Waals surface area contributed by atoms with Crippen LogP contribution < -0.4 is 9.47 Å². The molecule has 190 valence electrons. The number of halogens is 1.